The van der Waals surface area contributed by atoms with Gasteiger partial charge in [-0.1, -0.05) is 31.2 Å². The number of carbonyl (C=O) groups excluding carboxylic acids is 1. The molecule has 1 aromatic heterocycles. The monoisotopic (exact) mass is 300 g/mol. The van der Waals surface area contributed by atoms with Gasteiger partial charge in [0.15, 0.2) is 0 Å². The standard InChI is InChI=1S/C17H24N4O/c1-5-13-6-8-14(9-7-13)12(2)20-17(22)16(18-3)15-10-19-21(4)11-15/h6-12,16,18H,5H2,1-4H3,(H,20,22). The van der Waals surface area contributed by atoms with Crippen molar-refractivity contribution in [3.8, 4) is 0 Å². The van der Waals surface area contributed by atoms with Gasteiger partial charge in [-0.2, -0.15) is 5.10 Å². The largest absolute Gasteiger partial charge is 0.348 e. The second-order valence-corrected chi connectivity index (χ2v) is 5.49. The van der Waals surface area contributed by atoms with Gasteiger partial charge in [-0.3, -0.25) is 9.48 Å². The zero-order valence-electron chi connectivity index (χ0n) is 13.6. The summed E-state index contributed by atoms with van der Waals surface area (Å²) in [4.78, 5) is 12.5. The molecule has 1 aromatic carbocycles. The first kappa shape index (κ1) is 16.2. The van der Waals surface area contributed by atoms with Gasteiger partial charge in [-0.15, -0.1) is 0 Å². The Morgan fingerprint density at radius 3 is 2.45 bits per heavy atom. The molecule has 0 bridgehead atoms. The summed E-state index contributed by atoms with van der Waals surface area (Å²) in [6.07, 6.45) is 4.58. The second-order valence-electron chi connectivity index (χ2n) is 5.49. The van der Waals surface area contributed by atoms with E-state index in [9.17, 15) is 4.79 Å². The number of likely N-dealkylation sites (N-methyl/N-ethyl adjacent to an activating group) is 1. The fourth-order valence-corrected chi connectivity index (χ4v) is 2.46. The molecule has 0 spiro atoms. The lowest BCUT2D eigenvalue weighted by molar-refractivity contribution is -0.123. The van der Waals surface area contributed by atoms with Crippen LogP contribution in [0.5, 0.6) is 0 Å². The summed E-state index contributed by atoms with van der Waals surface area (Å²) in [5.41, 5.74) is 3.26. The highest BCUT2D eigenvalue weighted by Gasteiger charge is 2.21. The molecule has 0 saturated carbocycles. The molecule has 1 heterocycles. The van der Waals surface area contributed by atoms with E-state index in [2.05, 4.69) is 46.9 Å². The summed E-state index contributed by atoms with van der Waals surface area (Å²) in [5.74, 6) is -0.0532. The minimum Gasteiger partial charge on any atom is -0.348 e. The zero-order valence-corrected chi connectivity index (χ0v) is 13.6. The maximum atomic E-state index is 12.5. The van der Waals surface area contributed by atoms with Gasteiger partial charge in [0, 0.05) is 18.8 Å². The lowest BCUT2D eigenvalue weighted by Gasteiger charge is -2.19. The highest BCUT2D eigenvalue weighted by molar-refractivity contribution is 5.83. The maximum absolute atomic E-state index is 12.5. The molecule has 0 fully saturated rings. The molecule has 5 heteroatoms. The van der Waals surface area contributed by atoms with Gasteiger partial charge in [0.05, 0.1) is 12.2 Å². The van der Waals surface area contributed by atoms with Crippen molar-refractivity contribution in [1.82, 2.24) is 20.4 Å². The number of carbonyl (C=O) groups is 1. The predicted octanol–water partition coefficient (Wildman–Crippen LogP) is 2.12. The fraction of sp³-hybridized carbons (Fsp3) is 0.412. The van der Waals surface area contributed by atoms with Crippen molar-refractivity contribution in [2.24, 2.45) is 7.05 Å². The van der Waals surface area contributed by atoms with E-state index in [-0.39, 0.29) is 11.9 Å². The highest BCUT2D eigenvalue weighted by Crippen LogP contribution is 2.17. The molecule has 2 rings (SSSR count). The molecule has 0 aliphatic carbocycles. The van der Waals surface area contributed by atoms with Gasteiger partial charge in [-0.25, -0.2) is 0 Å². The molecule has 118 valence electrons. The minimum absolute atomic E-state index is 0.0362. The molecular formula is C17H24N4O. The Hall–Kier alpha value is -2.14. The van der Waals surface area contributed by atoms with Gasteiger partial charge in [0.2, 0.25) is 5.91 Å². The van der Waals surface area contributed by atoms with Crippen LogP contribution in [0, 0.1) is 0 Å². The number of amides is 1. The fourth-order valence-electron chi connectivity index (χ4n) is 2.46. The Kier molecular flexibility index (Phi) is 5.33. The van der Waals surface area contributed by atoms with E-state index in [1.54, 1.807) is 17.9 Å². The van der Waals surface area contributed by atoms with E-state index in [0.29, 0.717) is 0 Å². The molecule has 0 radical (unpaired) electrons. The number of hydrogen-bond acceptors (Lipinski definition) is 3. The third-order valence-electron chi connectivity index (χ3n) is 3.86. The number of aryl methyl sites for hydroxylation is 2. The second kappa shape index (κ2) is 7.22. The first-order valence-electron chi connectivity index (χ1n) is 7.60. The molecule has 1 amide bonds. The summed E-state index contributed by atoms with van der Waals surface area (Å²) < 4.78 is 1.69. The normalized spacial score (nSPS) is 13.6. The van der Waals surface area contributed by atoms with Gasteiger partial charge < -0.3 is 10.6 Å². The van der Waals surface area contributed by atoms with Gasteiger partial charge >= 0.3 is 0 Å². The van der Waals surface area contributed by atoms with Crippen LogP contribution in [-0.4, -0.2) is 22.7 Å². The first-order chi connectivity index (χ1) is 10.5. The smallest absolute Gasteiger partial charge is 0.242 e. The Morgan fingerprint density at radius 2 is 1.95 bits per heavy atom. The van der Waals surface area contributed by atoms with E-state index in [0.717, 1.165) is 17.5 Å². The molecule has 5 nitrogen and oxygen atoms in total. The quantitative estimate of drug-likeness (QED) is 0.859. The lowest BCUT2D eigenvalue weighted by atomic mass is 10.0. The number of benzene rings is 1. The van der Waals surface area contributed by atoms with Crippen LogP contribution in [0.25, 0.3) is 0 Å². The maximum Gasteiger partial charge on any atom is 0.242 e. The number of nitrogens with zero attached hydrogens (tertiary/aromatic N) is 2. The van der Waals surface area contributed by atoms with Crippen molar-refractivity contribution in [3.63, 3.8) is 0 Å². The third-order valence-corrected chi connectivity index (χ3v) is 3.86. The minimum atomic E-state index is -0.397. The zero-order chi connectivity index (χ0) is 16.1. The van der Waals surface area contributed by atoms with E-state index in [4.69, 9.17) is 0 Å². The number of aromatic nitrogens is 2. The average Bonchev–Trinajstić information content (AvgIpc) is 2.94. The summed E-state index contributed by atoms with van der Waals surface area (Å²) in [5, 5.41) is 10.2. The van der Waals surface area contributed by atoms with Gasteiger partial charge in [0.25, 0.3) is 0 Å². The SMILES string of the molecule is CCc1ccc(C(C)NC(=O)C(NC)c2cnn(C)c2)cc1. The predicted molar refractivity (Wildman–Crippen MR) is 87.4 cm³/mol. The van der Waals surface area contributed by atoms with Crippen molar-refractivity contribution in [2.45, 2.75) is 32.4 Å². The topological polar surface area (TPSA) is 59.0 Å². The molecular weight excluding hydrogens is 276 g/mol. The molecule has 2 N–H and O–H groups in total. The van der Waals surface area contributed by atoms with Crippen LogP contribution in [0.1, 0.15) is 42.6 Å². The van der Waals surface area contributed by atoms with E-state index < -0.39 is 6.04 Å². The highest BCUT2D eigenvalue weighted by atomic mass is 16.2. The third kappa shape index (κ3) is 3.74. The summed E-state index contributed by atoms with van der Waals surface area (Å²) >= 11 is 0. The Bertz CT molecular complexity index is 618. The Morgan fingerprint density at radius 1 is 1.27 bits per heavy atom. The van der Waals surface area contributed by atoms with Crippen LogP contribution in [0.15, 0.2) is 36.7 Å². The number of rotatable bonds is 6. The van der Waals surface area contributed by atoms with Crippen LogP contribution in [0.3, 0.4) is 0 Å². The summed E-state index contributed by atoms with van der Waals surface area (Å²) in [6.45, 7) is 4.13. The molecule has 2 aromatic rings. The van der Waals surface area contributed by atoms with Crippen molar-refractivity contribution in [3.05, 3.63) is 53.3 Å². The van der Waals surface area contributed by atoms with E-state index in [1.165, 1.54) is 5.56 Å². The van der Waals surface area contributed by atoms with Gasteiger partial charge in [-0.05, 0) is 31.5 Å². The molecule has 0 aliphatic rings. The number of nitrogens with one attached hydrogen (secondary N) is 2. The van der Waals surface area contributed by atoms with Crippen LogP contribution in [-0.2, 0) is 18.3 Å². The van der Waals surface area contributed by atoms with Crippen molar-refractivity contribution in [2.75, 3.05) is 7.05 Å². The van der Waals surface area contributed by atoms with E-state index in [1.807, 2.05) is 20.2 Å². The molecule has 2 atom stereocenters. The first-order valence-corrected chi connectivity index (χ1v) is 7.60. The van der Waals surface area contributed by atoms with Crippen molar-refractivity contribution < 1.29 is 4.79 Å². The Balaban J connectivity index is 2.05. The average molecular weight is 300 g/mol. The van der Waals surface area contributed by atoms with Crippen LogP contribution in [0.4, 0.5) is 0 Å². The van der Waals surface area contributed by atoms with Gasteiger partial charge in [0.1, 0.15) is 6.04 Å². The van der Waals surface area contributed by atoms with Crippen LogP contribution < -0.4 is 10.6 Å². The van der Waals surface area contributed by atoms with E-state index >= 15 is 0 Å². The van der Waals surface area contributed by atoms with Crippen LogP contribution in [0.2, 0.25) is 0 Å². The Labute approximate surface area is 131 Å². The van der Waals surface area contributed by atoms with Crippen LogP contribution >= 0.6 is 0 Å². The lowest BCUT2D eigenvalue weighted by Crippen LogP contribution is -2.37. The number of hydrogen-bond donors (Lipinski definition) is 2. The summed E-state index contributed by atoms with van der Waals surface area (Å²) in [6, 6.07) is 7.92. The molecule has 2 unspecified atom stereocenters. The molecule has 22 heavy (non-hydrogen) atoms. The summed E-state index contributed by atoms with van der Waals surface area (Å²) in [7, 11) is 3.62. The molecule has 0 aliphatic heterocycles. The molecule has 0 saturated heterocycles. The van der Waals surface area contributed by atoms with Crippen molar-refractivity contribution >= 4 is 5.91 Å². The van der Waals surface area contributed by atoms with Crippen molar-refractivity contribution in [1.29, 1.82) is 0 Å².